The molecular formula is C20H17N3O2S. The van der Waals surface area contributed by atoms with Gasteiger partial charge in [-0.05, 0) is 59.4 Å². The fourth-order valence-electron chi connectivity index (χ4n) is 2.84. The van der Waals surface area contributed by atoms with Crippen molar-refractivity contribution < 1.29 is 9.47 Å². The Labute approximate surface area is 155 Å². The Morgan fingerprint density at radius 1 is 0.962 bits per heavy atom. The lowest BCUT2D eigenvalue weighted by molar-refractivity contribution is 0.293. The normalized spacial score (nSPS) is 10.8. The molecule has 1 aromatic heterocycles. The second kappa shape index (κ2) is 7.01. The third-order valence-corrected chi connectivity index (χ3v) is 4.42. The number of H-pyrrole nitrogens is 1. The van der Waals surface area contributed by atoms with Crippen molar-refractivity contribution >= 4 is 23.0 Å². The highest BCUT2D eigenvalue weighted by molar-refractivity contribution is 7.71. The number of para-hydroxylation sites is 1. The van der Waals surface area contributed by atoms with Gasteiger partial charge in [0.05, 0.1) is 7.11 Å². The monoisotopic (exact) mass is 363 g/mol. The molecule has 0 saturated heterocycles. The first-order valence-corrected chi connectivity index (χ1v) is 8.58. The van der Waals surface area contributed by atoms with E-state index in [1.54, 1.807) is 7.11 Å². The summed E-state index contributed by atoms with van der Waals surface area (Å²) in [5.74, 6) is 2.30. The quantitative estimate of drug-likeness (QED) is 0.524. The van der Waals surface area contributed by atoms with Gasteiger partial charge in [-0.25, -0.2) is 0 Å². The van der Waals surface area contributed by atoms with Crippen LogP contribution in [0, 0.1) is 4.77 Å². The summed E-state index contributed by atoms with van der Waals surface area (Å²) in [4.78, 5) is 0. The molecule has 3 aromatic carbocycles. The molecule has 4 aromatic rings. The van der Waals surface area contributed by atoms with Crippen LogP contribution in [0.1, 0.15) is 5.82 Å². The van der Waals surface area contributed by atoms with Gasteiger partial charge in [0.25, 0.3) is 0 Å². The minimum absolute atomic E-state index is 0.303. The maximum atomic E-state index is 5.96. The zero-order valence-corrected chi connectivity index (χ0v) is 15.0. The van der Waals surface area contributed by atoms with Gasteiger partial charge in [0.2, 0.25) is 0 Å². The molecule has 0 radical (unpaired) electrons. The van der Waals surface area contributed by atoms with Gasteiger partial charge in [-0.15, -0.1) is 0 Å². The number of rotatable bonds is 5. The summed E-state index contributed by atoms with van der Waals surface area (Å²) < 4.78 is 13.7. The highest BCUT2D eigenvalue weighted by Crippen LogP contribution is 2.25. The standard InChI is InChI=1S/C20H17N3O2S/c1-24-17-9-7-14-8-10-18(12-15(14)11-17)25-13-19-21-22-20(26)23(19)16-5-3-2-4-6-16/h2-12H,13H2,1H3,(H,22,26). The summed E-state index contributed by atoms with van der Waals surface area (Å²) in [6.45, 7) is 0.303. The van der Waals surface area contributed by atoms with Crippen molar-refractivity contribution in [2.75, 3.05) is 7.11 Å². The number of methoxy groups -OCH3 is 1. The third kappa shape index (κ3) is 3.19. The van der Waals surface area contributed by atoms with E-state index in [4.69, 9.17) is 21.7 Å². The lowest BCUT2D eigenvalue weighted by Crippen LogP contribution is -2.05. The number of hydrogen-bond acceptors (Lipinski definition) is 4. The molecule has 0 amide bonds. The van der Waals surface area contributed by atoms with E-state index >= 15 is 0 Å². The lowest BCUT2D eigenvalue weighted by atomic mass is 10.1. The van der Waals surface area contributed by atoms with E-state index in [0.29, 0.717) is 17.2 Å². The minimum atomic E-state index is 0.303. The van der Waals surface area contributed by atoms with Crippen molar-refractivity contribution in [3.8, 4) is 17.2 Å². The Balaban J connectivity index is 1.60. The topological polar surface area (TPSA) is 52.1 Å². The molecule has 4 rings (SSSR count). The number of ether oxygens (including phenoxy) is 2. The third-order valence-electron chi connectivity index (χ3n) is 4.14. The van der Waals surface area contributed by atoms with Gasteiger partial charge in [-0.1, -0.05) is 30.3 Å². The summed E-state index contributed by atoms with van der Waals surface area (Å²) in [6.07, 6.45) is 0. The van der Waals surface area contributed by atoms with Gasteiger partial charge < -0.3 is 9.47 Å². The number of hydrogen-bond donors (Lipinski definition) is 1. The second-order valence-corrected chi connectivity index (χ2v) is 6.17. The molecule has 0 unspecified atom stereocenters. The van der Waals surface area contributed by atoms with Crippen molar-refractivity contribution in [1.29, 1.82) is 0 Å². The Morgan fingerprint density at radius 3 is 2.46 bits per heavy atom. The van der Waals surface area contributed by atoms with E-state index in [2.05, 4.69) is 10.2 Å². The first-order chi connectivity index (χ1) is 12.7. The van der Waals surface area contributed by atoms with Crippen LogP contribution >= 0.6 is 12.2 Å². The van der Waals surface area contributed by atoms with Gasteiger partial charge in [0.15, 0.2) is 10.6 Å². The SMILES string of the molecule is COc1ccc2ccc(OCc3n[nH]c(=S)n3-c3ccccc3)cc2c1. The van der Waals surface area contributed by atoms with Crippen molar-refractivity contribution in [2.24, 2.45) is 0 Å². The maximum Gasteiger partial charge on any atom is 0.199 e. The first-order valence-electron chi connectivity index (χ1n) is 8.17. The molecule has 0 bridgehead atoms. The Hall–Kier alpha value is -3.12. The van der Waals surface area contributed by atoms with Gasteiger partial charge in [0.1, 0.15) is 18.1 Å². The lowest BCUT2D eigenvalue weighted by Gasteiger charge is -2.10. The molecule has 130 valence electrons. The molecule has 1 heterocycles. The van der Waals surface area contributed by atoms with Crippen LogP contribution in [0.2, 0.25) is 0 Å². The number of nitrogens with one attached hydrogen (secondary N) is 1. The van der Waals surface area contributed by atoms with Crippen molar-refractivity contribution in [1.82, 2.24) is 14.8 Å². The predicted octanol–water partition coefficient (Wildman–Crippen LogP) is 4.67. The summed E-state index contributed by atoms with van der Waals surface area (Å²) in [7, 11) is 1.66. The van der Waals surface area contributed by atoms with Crippen LogP contribution in [0.25, 0.3) is 16.5 Å². The molecule has 1 N–H and O–H groups in total. The molecule has 0 aliphatic carbocycles. The average Bonchev–Trinajstić information content (AvgIpc) is 3.06. The van der Waals surface area contributed by atoms with Crippen molar-refractivity contribution in [2.45, 2.75) is 6.61 Å². The molecule has 0 fully saturated rings. The number of nitrogens with zero attached hydrogens (tertiary/aromatic N) is 2. The second-order valence-electron chi connectivity index (χ2n) is 5.78. The minimum Gasteiger partial charge on any atom is -0.497 e. The van der Waals surface area contributed by atoms with E-state index in [9.17, 15) is 0 Å². The smallest absolute Gasteiger partial charge is 0.199 e. The zero-order chi connectivity index (χ0) is 17.9. The van der Waals surface area contributed by atoms with Crippen LogP contribution in [0.3, 0.4) is 0 Å². The summed E-state index contributed by atoms with van der Waals surface area (Å²) >= 11 is 5.35. The number of benzene rings is 3. The summed E-state index contributed by atoms with van der Waals surface area (Å²) in [5.41, 5.74) is 0.952. The highest BCUT2D eigenvalue weighted by Gasteiger charge is 2.09. The van der Waals surface area contributed by atoms with Crippen LogP contribution in [-0.4, -0.2) is 21.9 Å². The Kier molecular flexibility index (Phi) is 4.41. The van der Waals surface area contributed by atoms with Crippen LogP contribution in [0.5, 0.6) is 11.5 Å². The highest BCUT2D eigenvalue weighted by atomic mass is 32.1. The van der Waals surface area contributed by atoms with Crippen LogP contribution in [0.15, 0.2) is 66.7 Å². The molecule has 0 saturated carbocycles. The van der Waals surface area contributed by atoms with Gasteiger partial charge in [-0.3, -0.25) is 9.67 Å². The van der Waals surface area contributed by atoms with Crippen LogP contribution < -0.4 is 9.47 Å². The van der Waals surface area contributed by atoms with E-state index < -0.39 is 0 Å². The number of aromatic nitrogens is 3. The zero-order valence-electron chi connectivity index (χ0n) is 14.2. The van der Waals surface area contributed by atoms with Gasteiger partial charge in [0, 0.05) is 5.69 Å². The molecule has 26 heavy (non-hydrogen) atoms. The van der Waals surface area contributed by atoms with Crippen molar-refractivity contribution in [3.63, 3.8) is 0 Å². The first kappa shape index (κ1) is 16.4. The molecule has 5 nitrogen and oxygen atoms in total. The Morgan fingerprint density at radius 2 is 1.69 bits per heavy atom. The largest absolute Gasteiger partial charge is 0.497 e. The van der Waals surface area contributed by atoms with E-state index in [0.717, 1.165) is 28.0 Å². The van der Waals surface area contributed by atoms with Gasteiger partial charge >= 0.3 is 0 Å². The predicted molar refractivity (Wildman–Crippen MR) is 104 cm³/mol. The molecule has 0 atom stereocenters. The maximum absolute atomic E-state index is 5.96. The summed E-state index contributed by atoms with van der Waals surface area (Å²) in [5, 5.41) is 9.32. The molecule has 0 aliphatic heterocycles. The van der Waals surface area contributed by atoms with E-state index in [1.165, 1.54) is 0 Å². The van der Waals surface area contributed by atoms with Crippen LogP contribution in [0.4, 0.5) is 0 Å². The molecule has 0 aliphatic rings. The number of aromatic amines is 1. The number of fused-ring (bicyclic) bond motifs is 1. The van der Waals surface area contributed by atoms with E-state index in [-0.39, 0.29) is 0 Å². The molecule has 0 spiro atoms. The fourth-order valence-corrected chi connectivity index (χ4v) is 3.09. The van der Waals surface area contributed by atoms with Crippen molar-refractivity contribution in [3.05, 3.63) is 77.3 Å². The van der Waals surface area contributed by atoms with E-state index in [1.807, 2.05) is 71.3 Å². The summed E-state index contributed by atoms with van der Waals surface area (Å²) in [6, 6.07) is 21.8. The molecular weight excluding hydrogens is 346 g/mol. The van der Waals surface area contributed by atoms with Crippen LogP contribution in [-0.2, 0) is 6.61 Å². The molecule has 6 heteroatoms. The Bertz CT molecular complexity index is 1100. The van der Waals surface area contributed by atoms with Gasteiger partial charge in [-0.2, -0.15) is 5.10 Å². The fraction of sp³-hybridized carbons (Fsp3) is 0.100. The average molecular weight is 363 g/mol.